The Labute approximate surface area is 144 Å². The number of pyridine rings is 1. The Bertz CT molecular complexity index is 921. The molecule has 0 unspecified atom stereocenters. The molecule has 3 heterocycles. The molecule has 0 fully saturated rings. The number of nitrogens with one attached hydrogen (secondary N) is 1. The molecule has 0 aliphatic carbocycles. The van der Waals surface area contributed by atoms with Gasteiger partial charge in [0.1, 0.15) is 12.0 Å². The van der Waals surface area contributed by atoms with E-state index in [1.807, 2.05) is 26.0 Å². The van der Waals surface area contributed by atoms with E-state index in [2.05, 4.69) is 25.3 Å². The number of aromatic nitrogens is 4. The Balaban J connectivity index is 1.79. The Morgan fingerprint density at radius 1 is 1.16 bits per heavy atom. The van der Waals surface area contributed by atoms with Gasteiger partial charge in [-0.1, -0.05) is 6.07 Å². The van der Waals surface area contributed by atoms with Gasteiger partial charge in [0.15, 0.2) is 11.5 Å². The van der Waals surface area contributed by atoms with Gasteiger partial charge in [0, 0.05) is 17.9 Å². The van der Waals surface area contributed by atoms with Crippen molar-refractivity contribution >= 4 is 11.7 Å². The second-order valence-corrected chi connectivity index (χ2v) is 5.61. The minimum Gasteiger partial charge on any atom is -0.443 e. The highest BCUT2D eigenvalue weighted by atomic mass is 16.3. The van der Waals surface area contributed by atoms with E-state index in [-0.39, 0.29) is 11.5 Å². The molecule has 3 N–H and O–H groups in total. The van der Waals surface area contributed by atoms with Gasteiger partial charge in [0.05, 0.1) is 11.9 Å². The first-order valence-electron chi connectivity index (χ1n) is 7.71. The second-order valence-electron chi connectivity index (χ2n) is 5.61. The number of carbonyl (C=O) groups excluding carboxylic acids is 1. The van der Waals surface area contributed by atoms with Crippen molar-refractivity contribution < 1.29 is 9.21 Å². The number of nitrogens with two attached hydrogens (primary N) is 1. The van der Waals surface area contributed by atoms with E-state index in [0.717, 1.165) is 17.0 Å². The summed E-state index contributed by atoms with van der Waals surface area (Å²) in [5, 5.41) is 2.80. The molecule has 3 aromatic rings. The third-order valence-electron chi connectivity index (χ3n) is 3.72. The molecule has 25 heavy (non-hydrogen) atoms. The molecule has 0 spiro atoms. The number of nitrogen functional groups attached to an aromatic ring is 1. The van der Waals surface area contributed by atoms with E-state index in [9.17, 15) is 4.79 Å². The Morgan fingerprint density at radius 3 is 2.64 bits per heavy atom. The molecule has 8 nitrogen and oxygen atoms in total. The number of aryl methyl sites for hydroxylation is 3. The first kappa shape index (κ1) is 16.6. The van der Waals surface area contributed by atoms with Gasteiger partial charge in [-0.05, 0) is 32.4 Å². The number of anilines is 1. The minimum absolute atomic E-state index is 0.0232. The Morgan fingerprint density at radius 2 is 1.96 bits per heavy atom. The summed E-state index contributed by atoms with van der Waals surface area (Å²) in [6.07, 6.45) is 2.94. The molecule has 0 radical (unpaired) electrons. The van der Waals surface area contributed by atoms with Gasteiger partial charge in [-0.25, -0.2) is 15.0 Å². The maximum Gasteiger partial charge on any atom is 0.273 e. The predicted molar refractivity (Wildman–Crippen MR) is 91.6 cm³/mol. The fourth-order valence-corrected chi connectivity index (χ4v) is 2.40. The van der Waals surface area contributed by atoms with Gasteiger partial charge >= 0.3 is 0 Å². The number of amides is 1. The van der Waals surface area contributed by atoms with Gasteiger partial charge < -0.3 is 15.5 Å². The maximum atomic E-state index is 12.4. The van der Waals surface area contributed by atoms with Crippen molar-refractivity contribution in [2.24, 2.45) is 0 Å². The van der Waals surface area contributed by atoms with E-state index in [0.29, 0.717) is 23.8 Å². The summed E-state index contributed by atoms with van der Waals surface area (Å²) < 4.78 is 5.21. The minimum atomic E-state index is -0.396. The lowest BCUT2D eigenvalue weighted by Gasteiger charge is -2.10. The van der Waals surface area contributed by atoms with Gasteiger partial charge in [-0.15, -0.1) is 0 Å². The van der Waals surface area contributed by atoms with Crippen LogP contribution in [0.4, 0.5) is 5.82 Å². The topological polar surface area (TPSA) is 120 Å². The van der Waals surface area contributed by atoms with Gasteiger partial charge in [0.2, 0.25) is 5.89 Å². The third-order valence-corrected chi connectivity index (χ3v) is 3.72. The van der Waals surface area contributed by atoms with Crippen molar-refractivity contribution in [2.75, 3.05) is 5.73 Å². The quantitative estimate of drug-likeness (QED) is 0.746. The van der Waals surface area contributed by atoms with Gasteiger partial charge in [-0.2, -0.15) is 0 Å². The molecule has 0 aliphatic rings. The lowest BCUT2D eigenvalue weighted by molar-refractivity contribution is 0.0946. The molecule has 0 saturated carbocycles. The normalized spacial score (nSPS) is 10.7. The fourth-order valence-electron chi connectivity index (χ4n) is 2.40. The molecule has 3 rings (SSSR count). The molecule has 8 heteroatoms. The Kier molecular flexibility index (Phi) is 4.42. The largest absolute Gasteiger partial charge is 0.443 e. The van der Waals surface area contributed by atoms with Crippen LogP contribution in [-0.2, 0) is 6.54 Å². The van der Waals surface area contributed by atoms with Crippen LogP contribution in [0.5, 0.6) is 0 Å². The van der Waals surface area contributed by atoms with E-state index in [1.165, 1.54) is 12.5 Å². The number of nitrogens with zero attached hydrogens (tertiary/aromatic N) is 4. The Hall–Kier alpha value is -3.29. The van der Waals surface area contributed by atoms with E-state index >= 15 is 0 Å². The van der Waals surface area contributed by atoms with Crippen molar-refractivity contribution in [3.05, 3.63) is 52.9 Å². The summed E-state index contributed by atoms with van der Waals surface area (Å²) in [5.41, 5.74) is 9.63. The smallest absolute Gasteiger partial charge is 0.273 e. The third kappa shape index (κ3) is 3.47. The molecule has 0 saturated heterocycles. The highest BCUT2D eigenvalue weighted by molar-refractivity contribution is 5.96. The number of oxazole rings is 1. The van der Waals surface area contributed by atoms with Crippen LogP contribution in [0.2, 0.25) is 0 Å². The zero-order valence-electron chi connectivity index (χ0n) is 14.2. The van der Waals surface area contributed by atoms with E-state index in [1.54, 1.807) is 6.92 Å². The van der Waals surface area contributed by atoms with Crippen LogP contribution in [0.1, 0.15) is 33.1 Å². The molecular formula is C17H18N6O2. The lowest BCUT2D eigenvalue weighted by Crippen LogP contribution is -2.26. The average molecular weight is 338 g/mol. The van der Waals surface area contributed by atoms with Crippen LogP contribution in [-0.4, -0.2) is 25.8 Å². The van der Waals surface area contributed by atoms with Crippen LogP contribution in [0.25, 0.3) is 11.6 Å². The predicted octanol–water partition coefficient (Wildman–Crippen LogP) is 1.96. The van der Waals surface area contributed by atoms with Crippen molar-refractivity contribution in [1.29, 1.82) is 0 Å². The van der Waals surface area contributed by atoms with Crippen molar-refractivity contribution in [1.82, 2.24) is 25.3 Å². The number of hydrogen-bond acceptors (Lipinski definition) is 7. The summed E-state index contributed by atoms with van der Waals surface area (Å²) in [6.45, 7) is 5.87. The first-order chi connectivity index (χ1) is 12.0. The van der Waals surface area contributed by atoms with Gasteiger partial charge in [0.25, 0.3) is 5.91 Å². The molecular weight excluding hydrogens is 320 g/mol. The molecule has 0 atom stereocenters. The van der Waals surface area contributed by atoms with Crippen LogP contribution in [0.15, 0.2) is 29.0 Å². The monoisotopic (exact) mass is 338 g/mol. The molecule has 1 amide bonds. The first-order valence-corrected chi connectivity index (χ1v) is 7.71. The highest BCUT2D eigenvalue weighted by Crippen LogP contribution is 2.20. The van der Waals surface area contributed by atoms with E-state index in [4.69, 9.17) is 10.2 Å². The SMILES string of the molecule is Cc1ccc(CNC(=O)c2nc(C)c(-c3ncco3)nc2N)c(C)n1. The van der Waals surface area contributed by atoms with Crippen molar-refractivity contribution in [3.63, 3.8) is 0 Å². The standard InChI is InChI=1S/C17H18N6O2/c1-9-4-5-12(10(2)21-9)8-20-16(24)14-15(18)23-13(11(3)22-14)17-19-6-7-25-17/h4-7H,8H2,1-3H3,(H2,18,23)(H,20,24). The average Bonchev–Trinajstić information content (AvgIpc) is 3.09. The van der Waals surface area contributed by atoms with Crippen molar-refractivity contribution in [2.45, 2.75) is 27.3 Å². The summed E-state index contributed by atoms with van der Waals surface area (Å²) in [6, 6.07) is 3.84. The van der Waals surface area contributed by atoms with E-state index < -0.39 is 5.91 Å². The van der Waals surface area contributed by atoms with Crippen molar-refractivity contribution in [3.8, 4) is 11.6 Å². The zero-order chi connectivity index (χ0) is 18.0. The summed E-state index contributed by atoms with van der Waals surface area (Å²) in [5.74, 6) is -0.0629. The van der Waals surface area contributed by atoms with Gasteiger partial charge in [-0.3, -0.25) is 9.78 Å². The van der Waals surface area contributed by atoms with Crippen LogP contribution in [0.3, 0.4) is 0 Å². The molecule has 0 aromatic carbocycles. The number of hydrogen-bond donors (Lipinski definition) is 2. The molecule has 0 bridgehead atoms. The van der Waals surface area contributed by atoms with Crippen LogP contribution < -0.4 is 11.1 Å². The summed E-state index contributed by atoms with van der Waals surface area (Å²) in [7, 11) is 0. The number of rotatable bonds is 4. The maximum absolute atomic E-state index is 12.4. The second kappa shape index (κ2) is 6.68. The molecule has 128 valence electrons. The summed E-state index contributed by atoms with van der Waals surface area (Å²) >= 11 is 0. The number of carbonyl (C=O) groups is 1. The molecule has 0 aliphatic heterocycles. The zero-order valence-corrected chi connectivity index (χ0v) is 14.2. The van der Waals surface area contributed by atoms with Crippen LogP contribution in [0, 0.1) is 20.8 Å². The van der Waals surface area contributed by atoms with Crippen LogP contribution >= 0.6 is 0 Å². The lowest BCUT2D eigenvalue weighted by atomic mass is 10.2. The summed E-state index contributed by atoms with van der Waals surface area (Å²) in [4.78, 5) is 29.3. The fraction of sp³-hybridized carbons (Fsp3) is 0.235. The molecule has 3 aromatic heterocycles. The highest BCUT2D eigenvalue weighted by Gasteiger charge is 2.18.